The third-order valence-electron chi connectivity index (χ3n) is 5.29. The third-order valence-corrected chi connectivity index (χ3v) is 8.99. The average Bonchev–Trinajstić information content (AvgIpc) is 3.00. The highest BCUT2D eigenvalue weighted by Gasteiger charge is 2.43. The molecule has 1 heterocycles. The number of amidine groups is 1. The lowest BCUT2D eigenvalue weighted by molar-refractivity contribution is -0.0349. The van der Waals surface area contributed by atoms with Crippen LogP contribution in [0, 0.1) is 6.92 Å². The molecule has 1 N–H and O–H groups in total. The smallest absolute Gasteiger partial charge is 0.244 e. The zero-order valence-corrected chi connectivity index (χ0v) is 22.0. The standard InChI is InChI=1S/C21H26ClN3O3S2.BrH/c1-5-25(6-2)30(27,28)19-13-16(11-12-17(19)22)21(26)14-29-20(24(21)4)23-18-10-8-7-9-15(18)3;/h7-13,26H,5-6,14H2,1-4H3;1H. The van der Waals surface area contributed by atoms with Crippen LogP contribution in [0.5, 0.6) is 0 Å². The van der Waals surface area contributed by atoms with Crippen molar-refractivity contribution in [2.75, 3.05) is 25.9 Å². The van der Waals surface area contributed by atoms with E-state index < -0.39 is 15.7 Å². The van der Waals surface area contributed by atoms with Crippen LogP contribution in [0.1, 0.15) is 25.0 Å². The molecule has 3 rings (SSSR count). The van der Waals surface area contributed by atoms with Crippen molar-refractivity contribution in [1.29, 1.82) is 0 Å². The van der Waals surface area contributed by atoms with Crippen molar-refractivity contribution in [3.63, 3.8) is 0 Å². The number of benzene rings is 2. The summed E-state index contributed by atoms with van der Waals surface area (Å²) in [6, 6.07) is 12.4. The number of nitrogens with zero attached hydrogens (tertiary/aromatic N) is 3. The number of thioether (sulfide) groups is 1. The first kappa shape index (κ1) is 26.2. The fourth-order valence-electron chi connectivity index (χ4n) is 3.35. The maximum absolute atomic E-state index is 13.0. The molecule has 10 heteroatoms. The highest BCUT2D eigenvalue weighted by Crippen LogP contribution is 2.40. The Kier molecular flexibility index (Phi) is 8.63. The van der Waals surface area contributed by atoms with Gasteiger partial charge in [-0.05, 0) is 30.7 Å². The van der Waals surface area contributed by atoms with E-state index >= 15 is 0 Å². The van der Waals surface area contributed by atoms with Gasteiger partial charge in [0.25, 0.3) is 0 Å². The minimum atomic E-state index is -3.76. The number of aryl methyl sites for hydroxylation is 1. The van der Waals surface area contributed by atoms with Crippen molar-refractivity contribution in [2.45, 2.75) is 31.4 Å². The lowest BCUT2D eigenvalue weighted by Gasteiger charge is -2.32. The summed E-state index contributed by atoms with van der Waals surface area (Å²) in [5.41, 5.74) is 0.928. The van der Waals surface area contributed by atoms with Gasteiger partial charge in [0.15, 0.2) is 10.9 Å². The molecule has 1 aliphatic rings. The van der Waals surface area contributed by atoms with E-state index in [0.717, 1.165) is 11.3 Å². The summed E-state index contributed by atoms with van der Waals surface area (Å²) in [4.78, 5) is 6.38. The number of aliphatic imine (C=N–C) groups is 1. The van der Waals surface area contributed by atoms with Crippen molar-refractivity contribution in [2.24, 2.45) is 4.99 Å². The van der Waals surface area contributed by atoms with Crippen molar-refractivity contribution in [3.8, 4) is 0 Å². The molecule has 6 nitrogen and oxygen atoms in total. The van der Waals surface area contributed by atoms with Crippen LogP contribution in [0.4, 0.5) is 5.69 Å². The van der Waals surface area contributed by atoms with E-state index in [1.807, 2.05) is 31.2 Å². The van der Waals surface area contributed by atoms with Crippen LogP contribution in [-0.4, -0.2) is 53.8 Å². The molecule has 0 aliphatic carbocycles. The number of sulfonamides is 1. The van der Waals surface area contributed by atoms with E-state index in [9.17, 15) is 13.5 Å². The van der Waals surface area contributed by atoms with E-state index in [4.69, 9.17) is 16.6 Å². The number of aliphatic hydroxyl groups is 1. The molecule has 0 amide bonds. The largest absolute Gasteiger partial charge is 0.366 e. The van der Waals surface area contributed by atoms with Crippen LogP contribution in [0.2, 0.25) is 5.02 Å². The van der Waals surface area contributed by atoms with Gasteiger partial charge in [0.1, 0.15) is 4.90 Å². The fourth-order valence-corrected chi connectivity index (χ4v) is 6.50. The molecule has 2 aromatic carbocycles. The van der Waals surface area contributed by atoms with Gasteiger partial charge < -0.3 is 10.0 Å². The number of halogens is 2. The summed E-state index contributed by atoms with van der Waals surface area (Å²) < 4.78 is 27.4. The van der Waals surface area contributed by atoms with Crippen LogP contribution in [0.25, 0.3) is 0 Å². The second kappa shape index (κ2) is 10.2. The van der Waals surface area contributed by atoms with Crippen LogP contribution in [-0.2, 0) is 15.7 Å². The molecule has 31 heavy (non-hydrogen) atoms. The highest BCUT2D eigenvalue weighted by atomic mass is 79.9. The van der Waals surface area contributed by atoms with Gasteiger partial charge in [-0.2, -0.15) is 4.31 Å². The summed E-state index contributed by atoms with van der Waals surface area (Å²) in [7, 11) is -2.01. The van der Waals surface area contributed by atoms with Crippen LogP contribution in [0.15, 0.2) is 52.4 Å². The summed E-state index contributed by atoms with van der Waals surface area (Å²) in [6.07, 6.45) is 0. The maximum atomic E-state index is 13.0. The van der Waals surface area contributed by atoms with Crippen LogP contribution < -0.4 is 0 Å². The minimum Gasteiger partial charge on any atom is -0.366 e. The molecule has 170 valence electrons. The van der Waals surface area contributed by atoms with Crippen molar-refractivity contribution in [1.82, 2.24) is 9.21 Å². The van der Waals surface area contributed by atoms with Gasteiger partial charge in [-0.3, -0.25) is 0 Å². The first-order chi connectivity index (χ1) is 14.1. The predicted octanol–water partition coefficient (Wildman–Crippen LogP) is 4.77. The van der Waals surface area contributed by atoms with Crippen LogP contribution >= 0.6 is 40.3 Å². The zero-order chi connectivity index (χ0) is 22.1. The molecule has 1 aliphatic heterocycles. The van der Waals surface area contributed by atoms with Crippen molar-refractivity contribution < 1.29 is 13.5 Å². The molecule has 2 aromatic rings. The maximum Gasteiger partial charge on any atom is 0.244 e. The van der Waals surface area contributed by atoms with Gasteiger partial charge in [-0.15, -0.1) is 17.0 Å². The molecule has 0 bridgehead atoms. The first-order valence-corrected chi connectivity index (χ1v) is 12.5. The second-order valence-corrected chi connectivity index (χ2v) is 10.3. The van der Waals surface area contributed by atoms with Gasteiger partial charge in [0.2, 0.25) is 10.0 Å². The molecule has 0 spiro atoms. The van der Waals surface area contributed by atoms with Gasteiger partial charge >= 0.3 is 0 Å². The molecular formula is C21H27BrClN3O3S2. The monoisotopic (exact) mass is 547 g/mol. The number of hydrogen-bond donors (Lipinski definition) is 1. The Hall–Kier alpha value is -1.10. The molecule has 0 aromatic heterocycles. The Morgan fingerprint density at radius 2 is 1.87 bits per heavy atom. The Labute approximate surface area is 204 Å². The van der Waals surface area contributed by atoms with Gasteiger partial charge in [0.05, 0.1) is 16.5 Å². The molecular weight excluding hydrogens is 522 g/mol. The topological polar surface area (TPSA) is 73.2 Å². The van der Waals surface area contributed by atoms with Gasteiger partial charge in [-0.1, -0.05) is 61.5 Å². The Balaban J connectivity index is 0.00000341. The van der Waals surface area contributed by atoms with Crippen molar-refractivity contribution >= 4 is 61.2 Å². The van der Waals surface area contributed by atoms with E-state index in [-0.39, 0.29) is 26.9 Å². The Morgan fingerprint density at radius 3 is 2.48 bits per heavy atom. The summed E-state index contributed by atoms with van der Waals surface area (Å²) in [5.74, 6) is 0.320. The SMILES string of the molecule is Br.CCN(CC)S(=O)(=O)c1cc(C2(O)CSC(=Nc3ccccc3C)N2C)ccc1Cl. The van der Waals surface area contributed by atoms with Gasteiger partial charge in [-0.25, -0.2) is 13.4 Å². The summed E-state index contributed by atoms with van der Waals surface area (Å²) in [5, 5.41) is 12.3. The lowest BCUT2D eigenvalue weighted by atomic mass is 10.0. The highest BCUT2D eigenvalue weighted by molar-refractivity contribution is 8.93. The fraction of sp³-hybridized carbons (Fsp3) is 0.381. The second-order valence-electron chi connectivity index (χ2n) is 7.08. The number of hydrogen-bond acceptors (Lipinski definition) is 5. The quantitative estimate of drug-likeness (QED) is 0.563. The molecule has 1 fully saturated rings. The zero-order valence-electron chi connectivity index (χ0n) is 17.9. The first-order valence-electron chi connectivity index (χ1n) is 9.68. The number of para-hydroxylation sites is 1. The normalized spacial score (nSPS) is 20.4. The summed E-state index contributed by atoms with van der Waals surface area (Å²) >= 11 is 7.67. The summed E-state index contributed by atoms with van der Waals surface area (Å²) in [6.45, 7) is 6.22. The lowest BCUT2D eigenvalue weighted by Crippen LogP contribution is -2.42. The number of rotatable bonds is 6. The Bertz CT molecular complexity index is 1080. The van der Waals surface area contributed by atoms with Crippen molar-refractivity contribution in [3.05, 3.63) is 58.6 Å². The third kappa shape index (κ3) is 4.96. The van der Waals surface area contributed by atoms with E-state index in [2.05, 4.69) is 0 Å². The molecule has 1 unspecified atom stereocenters. The predicted molar refractivity (Wildman–Crippen MR) is 134 cm³/mol. The minimum absolute atomic E-state index is 0. The van der Waals surface area contributed by atoms with Crippen LogP contribution in [0.3, 0.4) is 0 Å². The van der Waals surface area contributed by atoms with Gasteiger partial charge in [0, 0.05) is 25.7 Å². The van der Waals surface area contributed by atoms with E-state index in [1.54, 1.807) is 31.9 Å². The Morgan fingerprint density at radius 1 is 1.23 bits per heavy atom. The molecule has 1 saturated heterocycles. The molecule has 1 atom stereocenters. The van der Waals surface area contributed by atoms with E-state index in [1.165, 1.54) is 28.2 Å². The molecule has 0 radical (unpaired) electrons. The van der Waals surface area contributed by atoms with E-state index in [0.29, 0.717) is 29.6 Å². The average molecular weight is 549 g/mol. The molecule has 0 saturated carbocycles.